The zero-order valence-corrected chi connectivity index (χ0v) is 20.4. The number of amides is 1. The van der Waals surface area contributed by atoms with Crippen molar-refractivity contribution >= 4 is 23.1 Å². The Morgan fingerprint density at radius 3 is 2.37 bits per heavy atom. The smallest absolute Gasteiger partial charge is 0.295 e. The number of hydrogen-bond donors (Lipinski definition) is 1. The molecule has 0 saturated carbocycles. The Kier molecular flexibility index (Phi) is 8.24. The van der Waals surface area contributed by atoms with E-state index in [0.717, 1.165) is 13.1 Å². The first-order chi connectivity index (χ1) is 16.7. The molecule has 0 bridgehead atoms. The zero-order valence-electron chi connectivity index (χ0n) is 20.4. The second-order valence-corrected chi connectivity index (χ2v) is 8.56. The van der Waals surface area contributed by atoms with Crippen LogP contribution in [0.2, 0.25) is 0 Å². The number of aliphatic hydroxyl groups is 1. The van der Waals surface area contributed by atoms with Crippen molar-refractivity contribution in [2.24, 2.45) is 0 Å². The van der Waals surface area contributed by atoms with E-state index >= 15 is 0 Å². The van der Waals surface area contributed by atoms with Gasteiger partial charge in [-0.25, -0.2) is 0 Å². The molecule has 1 amide bonds. The number of benzene rings is 2. The van der Waals surface area contributed by atoms with Crippen molar-refractivity contribution in [1.82, 2.24) is 9.80 Å². The number of carbonyl (C=O) groups excluding carboxylic acids is 2. The minimum atomic E-state index is -0.823. The Morgan fingerprint density at radius 1 is 1.14 bits per heavy atom. The van der Waals surface area contributed by atoms with E-state index < -0.39 is 22.7 Å². The standard InChI is InChI=1S/C26H31N3O6/c1-5-27(6-2)14-15-28-23(19-8-7-9-21(16-19)35-17(3)4)22(25(31)26(28)32)24(30)18-10-12-20(13-11-18)29(33)34/h7-13,16-17,23,30H,5-6,14-15H2,1-4H3/b24-22+. The predicted molar refractivity (Wildman–Crippen MR) is 132 cm³/mol. The molecule has 186 valence electrons. The highest BCUT2D eigenvalue weighted by molar-refractivity contribution is 6.46. The van der Waals surface area contributed by atoms with E-state index in [1.807, 2.05) is 27.7 Å². The van der Waals surface area contributed by atoms with Gasteiger partial charge in [-0.05, 0) is 56.8 Å². The molecule has 3 rings (SSSR count). The van der Waals surface area contributed by atoms with Crippen LogP contribution in [-0.4, -0.2) is 63.8 Å². The van der Waals surface area contributed by atoms with Crippen LogP contribution in [0.4, 0.5) is 5.69 Å². The van der Waals surface area contributed by atoms with Gasteiger partial charge in [-0.2, -0.15) is 0 Å². The molecule has 1 saturated heterocycles. The SMILES string of the molecule is CCN(CC)CCN1C(=O)C(=O)/C(=C(/O)c2ccc([N+](=O)[O-])cc2)C1c1cccc(OC(C)C)c1. The van der Waals surface area contributed by atoms with Gasteiger partial charge in [0.05, 0.1) is 22.6 Å². The van der Waals surface area contributed by atoms with E-state index in [1.54, 1.807) is 24.3 Å². The number of likely N-dealkylation sites (tertiary alicyclic amines) is 1. The number of nitrogens with zero attached hydrogens (tertiary/aromatic N) is 3. The molecule has 1 fully saturated rings. The molecule has 2 aromatic carbocycles. The summed E-state index contributed by atoms with van der Waals surface area (Å²) in [5.41, 5.74) is 0.656. The predicted octanol–water partition coefficient (Wildman–Crippen LogP) is 4.15. The van der Waals surface area contributed by atoms with Gasteiger partial charge in [-0.3, -0.25) is 19.7 Å². The van der Waals surface area contributed by atoms with Gasteiger partial charge >= 0.3 is 0 Å². The maximum atomic E-state index is 13.2. The van der Waals surface area contributed by atoms with E-state index in [2.05, 4.69) is 4.90 Å². The normalized spacial score (nSPS) is 17.4. The Morgan fingerprint density at radius 2 is 1.80 bits per heavy atom. The van der Waals surface area contributed by atoms with Crippen molar-refractivity contribution in [1.29, 1.82) is 0 Å². The van der Waals surface area contributed by atoms with Crippen molar-refractivity contribution in [2.75, 3.05) is 26.2 Å². The van der Waals surface area contributed by atoms with Crippen LogP contribution in [0.3, 0.4) is 0 Å². The van der Waals surface area contributed by atoms with E-state index in [0.29, 0.717) is 24.4 Å². The molecule has 0 radical (unpaired) electrons. The van der Waals surface area contributed by atoms with Crippen LogP contribution in [-0.2, 0) is 9.59 Å². The molecule has 9 nitrogen and oxygen atoms in total. The number of ketones is 1. The van der Waals surface area contributed by atoms with Crippen molar-refractivity contribution in [3.8, 4) is 5.75 Å². The van der Waals surface area contributed by atoms with Crippen LogP contribution in [0.1, 0.15) is 44.9 Å². The Labute approximate surface area is 204 Å². The average molecular weight is 482 g/mol. The summed E-state index contributed by atoms with van der Waals surface area (Å²) in [6.45, 7) is 10.3. The molecule has 2 aromatic rings. The van der Waals surface area contributed by atoms with Crippen molar-refractivity contribution < 1.29 is 24.4 Å². The molecule has 0 spiro atoms. The number of Topliss-reactive ketones (excluding diaryl/α,β-unsaturated/α-hetero) is 1. The minimum absolute atomic E-state index is 0.0508. The molecule has 35 heavy (non-hydrogen) atoms. The maximum Gasteiger partial charge on any atom is 0.295 e. The van der Waals surface area contributed by atoms with Crippen LogP contribution in [0.15, 0.2) is 54.1 Å². The number of nitro benzene ring substituents is 1. The highest BCUT2D eigenvalue weighted by atomic mass is 16.6. The lowest BCUT2D eigenvalue weighted by molar-refractivity contribution is -0.384. The fourth-order valence-corrected chi connectivity index (χ4v) is 4.17. The third kappa shape index (κ3) is 5.68. The summed E-state index contributed by atoms with van der Waals surface area (Å²) in [4.78, 5) is 40.4. The molecule has 0 aromatic heterocycles. The van der Waals surface area contributed by atoms with Gasteiger partial charge < -0.3 is 19.6 Å². The molecule has 1 aliphatic rings. The third-order valence-electron chi connectivity index (χ3n) is 5.99. The second-order valence-electron chi connectivity index (χ2n) is 8.56. The lowest BCUT2D eigenvalue weighted by Gasteiger charge is -2.28. The van der Waals surface area contributed by atoms with Gasteiger partial charge in [0, 0.05) is 30.8 Å². The highest BCUT2D eigenvalue weighted by Crippen LogP contribution is 2.40. The summed E-state index contributed by atoms with van der Waals surface area (Å²) < 4.78 is 5.81. The first-order valence-electron chi connectivity index (χ1n) is 11.7. The largest absolute Gasteiger partial charge is 0.507 e. The number of rotatable bonds is 10. The second kappa shape index (κ2) is 11.1. The third-order valence-corrected chi connectivity index (χ3v) is 5.99. The first-order valence-corrected chi connectivity index (χ1v) is 11.7. The molecule has 1 aliphatic heterocycles. The minimum Gasteiger partial charge on any atom is -0.507 e. The molecular weight excluding hydrogens is 450 g/mol. The molecule has 1 heterocycles. The number of nitro groups is 1. The van der Waals surface area contributed by atoms with Crippen LogP contribution in [0.25, 0.3) is 5.76 Å². The summed E-state index contributed by atoms with van der Waals surface area (Å²) >= 11 is 0. The number of likely N-dealkylation sites (N-methyl/N-ethyl adjacent to an activating group) is 1. The van der Waals surface area contributed by atoms with Gasteiger partial charge in [0.2, 0.25) is 0 Å². The number of ether oxygens (including phenoxy) is 1. The van der Waals surface area contributed by atoms with E-state index in [9.17, 15) is 24.8 Å². The van der Waals surface area contributed by atoms with Gasteiger partial charge in [0.25, 0.3) is 17.4 Å². The van der Waals surface area contributed by atoms with Crippen LogP contribution < -0.4 is 4.74 Å². The molecule has 1 unspecified atom stereocenters. The Balaban J connectivity index is 2.11. The van der Waals surface area contributed by atoms with Gasteiger partial charge in [0.1, 0.15) is 11.5 Å². The number of carbonyl (C=O) groups is 2. The van der Waals surface area contributed by atoms with Gasteiger partial charge in [0.15, 0.2) is 0 Å². The van der Waals surface area contributed by atoms with E-state index in [1.165, 1.54) is 29.2 Å². The van der Waals surface area contributed by atoms with Crippen molar-refractivity contribution in [2.45, 2.75) is 39.8 Å². The molecule has 1 atom stereocenters. The summed E-state index contributed by atoms with van der Waals surface area (Å²) in [5.74, 6) is -1.27. The summed E-state index contributed by atoms with van der Waals surface area (Å²) in [6, 6.07) is 11.5. The number of hydrogen-bond acceptors (Lipinski definition) is 7. The highest BCUT2D eigenvalue weighted by Gasteiger charge is 2.46. The van der Waals surface area contributed by atoms with Crippen molar-refractivity contribution in [3.05, 3.63) is 75.3 Å². The summed E-state index contributed by atoms with van der Waals surface area (Å²) in [7, 11) is 0. The maximum absolute atomic E-state index is 13.2. The molecule has 9 heteroatoms. The van der Waals surface area contributed by atoms with E-state index in [4.69, 9.17) is 4.74 Å². The monoisotopic (exact) mass is 481 g/mol. The quantitative estimate of drug-likeness (QED) is 0.178. The number of aliphatic hydroxyl groups excluding tert-OH is 1. The Hall–Kier alpha value is -3.72. The zero-order chi connectivity index (χ0) is 25.7. The van der Waals surface area contributed by atoms with Crippen LogP contribution in [0.5, 0.6) is 5.75 Å². The van der Waals surface area contributed by atoms with Gasteiger partial charge in [-0.15, -0.1) is 0 Å². The summed E-state index contributed by atoms with van der Waals surface area (Å²) in [6.07, 6.45) is -0.0700. The topological polar surface area (TPSA) is 113 Å². The van der Waals surface area contributed by atoms with E-state index in [-0.39, 0.29) is 28.7 Å². The fourth-order valence-electron chi connectivity index (χ4n) is 4.17. The first kappa shape index (κ1) is 25.9. The fraction of sp³-hybridized carbons (Fsp3) is 0.385. The molecular formula is C26H31N3O6. The average Bonchev–Trinajstić information content (AvgIpc) is 3.09. The van der Waals surface area contributed by atoms with Crippen molar-refractivity contribution in [3.63, 3.8) is 0 Å². The van der Waals surface area contributed by atoms with Gasteiger partial charge in [-0.1, -0.05) is 26.0 Å². The summed E-state index contributed by atoms with van der Waals surface area (Å²) in [5, 5.41) is 22.1. The number of non-ortho nitro benzene ring substituents is 1. The lowest BCUT2D eigenvalue weighted by Crippen LogP contribution is -2.38. The van der Waals surface area contributed by atoms with Crippen LogP contribution in [0, 0.1) is 10.1 Å². The molecule has 0 aliphatic carbocycles. The molecule has 1 N–H and O–H groups in total. The Bertz CT molecular complexity index is 1120. The van der Waals surface area contributed by atoms with Crippen LogP contribution >= 0.6 is 0 Å². The lowest BCUT2D eigenvalue weighted by atomic mass is 9.95.